The Balaban J connectivity index is 0.000000233. The van der Waals surface area contributed by atoms with E-state index in [9.17, 15) is 8.42 Å². The number of hydrogen-bond donors (Lipinski definition) is 1. The van der Waals surface area contributed by atoms with Crippen LogP contribution in [-0.2, 0) is 16.7 Å². The summed E-state index contributed by atoms with van der Waals surface area (Å²) in [5, 5.41) is 1.32. The molecule has 4 aromatic rings. The average Bonchev–Trinajstić information content (AvgIpc) is 3.21. The molecule has 3 aromatic carbocycles. The van der Waals surface area contributed by atoms with Crippen molar-refractivity contribution in [3.05, 3.63) is 100 Å². The van der Waals surface area contributed by atoms with Crippen molar-refractivity contribution in [3.8, 4) is 0 Å². The van der Waals surface area contributed by atoms with Gasteiger partial charge in [0.05, 0.1) is 4.90 Å². The Kier molecular flexibility index (Phi) is 7.96. The monoisotopic (exact) mass is 567 g/mol. The molecule has 5 rings (SSSR count). The zero-order chi connectivity index (χ0) is 25.9. The van der Waals surface area contributed by atoms with E-state index in [1.165, 1.54) is 49.0 Å². The van der Waals surface area contributed by atoms with E-state index in [1.54, 1.807) is 12.1 Å². The van der Waals surface area contributed by atoms with Gasteiger partial charge in [-0.25, -0.2) is 0 Å². The number of hydrogen-bond acceptors (Lipinski definition) is 3. The van der Waals surface area contributed by atoms with Gasteiger partial charge >= 0.3 is 156 Å². The maximum absolute atomic E-state index is 10.5. The second-order valence-electron chi connectivity index (χ2n) is 8.65. The summed E-state index contributed by atoms with van der Waals surface area (Å²) in [5.74, 6) is 0. The van der Waals surface area contributed by atoms with Crippen LogP contribution in [0, 0.1) is 13.8 Å². The number of nitrogens with zero attached hydrogens (tertiary/aromatic N) is 2. The molecule has 0 bridgehead atoms. The van der Waals surface area contributed by atoms with Crippen molar-refractivity contribution in [2.24, 2.45) is 0 Å². The summed E-state index contributed by atoms with van der Waals surface area (Å²) in [7, 11) is -4.02. The normalized spacial score (nSPS) is 14.0. The van der Waals surface area contributed by atoms with E-state index in [0.717, 1.165) is 18.7 Å². The van der Waals surface area contributed by atoms with Crippen LogP contribution in [0.3, 0.4) is 0 Å². The van der Waals surface area contributed by atoms with Crippen LogP contribution in [0.4, 0.5) is 5.69 Å². The Morgan fingerprint density at radius 1 is 0.917 bits per heavy atom. The van der Waals surface area contributed by atoms with Gasteiger partial charge in [-0.3, -0.25) is 4.55 Å². The maximum Gasteiger partial charge on any atom is 0.294 e. The van der Waals surface area contributed by atoms with E-state index >= 15 is 0 Å². The SMILES string of the molecule is CCN1/C(=C/c2ccc3cc(C)ccc3[n+]2CC)[Se]c2ccccc21.Cc1ccc(S(=O)(=O)O)cc1. The summed E-state index contributed by atoms with van der Waals surface area (Å²) in [6.45, 7) is 10.5. The Morgan fingerprint density at radius 3 is 2.28 bits per heavy atom. The molecule has 0 spiro atoms. The largest absolute Gasteiger partial charge is 0.294 e. The molecule has 0 saturated heterocycles. The van der Waals surface area contributed by atoms with Crippen molar-refractivity contribution < 1.29 is 17.5 Å². The van der Waals surface area contributed by atoms with Gasteiger partial charge in [0.15, 0.2) is 0 Å². The topological polar surface area (TPSA) is 61.5 Å². The molecule has 0 atom stereocenters. The van der Waals surface area contributed by atoms with Gasteiger partial charge in [-0.1, -0.05) is 17.7 Å². The van der Waals surface area contributed by atoms with Crippen molar-refractivity contribution in [3.63, 3.8) is 0 Å². The number of aromatic nitrogens is 1. The van der Waals surface area contributed by atoms with Gasteiger partial charge in [0.2, 0.25) is 0 Å². The standard InChI is InChI=1S/C22H23N2Se.C7H8O3S/c1-4-23-18(12-11-17-14-16(3)10-13-19(17)23)15-22-24(5-2)20-8-6-7-9-21(20)25-22;1-6-2-4-7(5-3-6)11(8,9)10/h6-15H,4-5H2,1-3H3;2-5H,1H3,(H,8,9,10)/q+1;. The van der Waals surface area contributed by atoms with E-state index in [0.29, 0.717) is 15.0 Å². The fraction of sp³-hybridized carbons (Fsp3) is 0.207. The second kappa shape index (κ2) is 11.0. The Labute approximate surface area is 220 Å². The zero-order valence-corrected chi connectivity index (χ0v) is 23.5. The minimum Gasteiger partial charge on any atom is -0.282 e. The van der Waals surface area contributed by atoms with Crippen molar-refractivity contribution >= 4 is 52.2 Å². The van der Waals surface area contributed by atoms with Crippen LogP contribution in [0.2, 0.25) is 0 Å². The van der Waals surface area contributed by atoms with Crippen molar-refractivity contribution in [1.82, 2.24) is 0 Å². The summed E-state index contributed by atoms with van der Waals surface area (Å²) in [4.78, 5) is 2.40. The molecule has 0 aliphatic carbocycles. The molecule has 0 radical (unpaired) electrons. The summed E-state index contributed by atoms with van der Waals surface area (Å²) in [6, 6.07) is 26.1. The van der Waals surface area contributed by atoms with Gasteiger partial charge in [-0.05, 0) is 19.1 Å². The van der Waals surface area contributed by atoms with E-state index in [-0.39, 0.29) is 4.90 Å². The van der Waals surface area contributed by atoms with E-state index in [2.05, 4.69) is 90.9 Å². The quantitative estimate of drug-likeness (QED) is 0.218. The molecule has 186 valence electrons. The second-order valence-corrected chi connectivity index (χ2v) is 12.3. The first-order chi connectivity index (χ1) is 17.2. The molecular formula is C29H31N2O3SSe+. The van der Waals surface area contributed by atoms with Crippen LogP contribution in [0.1, 0.15) is 30.7 Å². The van der Waals surface area contributed by atoms with Gasteiger partial charge in [-0.2, -0.15) is 8.42 Å². The van der Waals surface area contributed by atoms with Crippen LogP contribution in [0.15, 0.2) is 88.4 Å². The fourth-order valence-electron chi connectivity index (χ4n) is 4.26. The molecule has 1 aromatic heterocycles. The van der Waals surface area contributed by atoms with E-state index in [1.807, 2.05) is 6.92 Å². The third-order valence-electron chi connectivity index (χ3n) is 6.08. The number of anilines is 1. The van der Waals surface area contributed by atoms with Crippen LogP contribution >= 0.6 is 0 Å². The zero-order valence-electron chi connectivity index (χ0n) is 21.0. The van der Waals surface area contributed by atoms with Gasteiger partial charge in [-0.15, -0.1) is 0 Å². The summed E-state index contributed by atoms with van der Waals surface area (Å²) < 4.78 is 34.9. The number of aryl methyl sites for hydroxylation is 3. The van der Waals surface area contributed by atoms with Crippen LogP contribution in [0.5, 0.6) is 0 Å². The smallest absolute Gasteiger partial charge is 0.282 e. The Bertz CT molecular complexity index is 1530. The first-order valence-corrected chi connectivity index (χ1v) is 15.1. The van der Waals surface area contributed by atoms with Crippen molar-refractivity contribution in [1.29, 1.82) is 0 Å². The summed E-state index contributed by atoms with van der Waals surface area (Å²) in [6.07, 6.45) is 2.40. The molecule has 1 aliphatic rings. The van der Waals surface area contributed by atoms with E-state index < -0.39 is 10.1 Å². The third kappa shape index (κ3) is 5.71. The van der Waals surface area contributed by atoms with Gasteiger partial charge in [0.25, 0.3) is 10.1 Å². The van der Waals surface area contributed by atoms with Gasteiger partial charge in [0, 0.05) is 0 Å². The molecular weight excluding hydrogens is 535 g/mol. The molecule has 0 amide bonds. The molecule has 36 heavy (non-hydrogen) atoms. The molecule has 0 fully saturated rings. The Morgan fingerprint density at radius 2 is 1.61 bits per heavy atom. The minimum atomic E-state index is -4.02. The molecule has 0 saturated carbocycles. The molecule has 1 aliphatic heterocycles. The number of fused-ring (bicyclic) bond motifs is 2. The van der Waals surface area contributed by atoms with E-state index in [4.69, 9.17) is 4.55 Å². The molecule has 2 heterocycles. The predicted molar refractivity (Wildman–Crippen MR) is 148 cm³/mol. The van der Waals surface area contributed by atoms with Gasteiger partial charge in [0.1, 0.15) is 0 Å². The third-order valence-corrected chi connectivity index (χ3v) is 9.28. The fourth-order valence-corrected chi connectivity index (χ4v) is 7.20. The first kappa shape index (κ1) is 26.1. The van der Waals surface area contributed by atoms with Crippen LogP contribution in [0.25, 0.3) is 17.0 Å². The molecule has 0 unspecified atom stereocenters. The number of para-hydroxylation sites is 1. The summed E-state index contributed by atoms with van der Waals surface area (Å²) >= 11 is 0.375. The number of pyridine rings is 1. The number of rotatable bonds is 4. The van der Waals surface area contributed by atoms with Crippen molar-refractivity contribution in [2.75, 3.05) is 11.4 Å². The summed E-state index contributed by atoms with van der Waals surface area (Å²) in [5.41, 5.74) is 6.26. The predicted octanol–water partition coefficient (Wildman–Crippen LogP) is 4.87. The van der Waals surface area contributed by atoms with Crippen LogP contribution < -0.4 is 13.9 Å². The molecule has 7 heteroatoms. The molecule has 1 N–H and O–H groups in total. The Hall–Kier alpha value is -2.96. The van der Waals surface area contributed by atoms with Crippen molar-refractivity contribution in [2.45, 2.75) is 39.1 Å². The molecule has 5 nitrogen and oxygen atoms in total. The average molecular weight is 567 g/mol. The first-order valence-electron chi connectivity index (χ1n) is 11.9. The maximum atomic E-state index is 10.5. The minimum absolute atomic E-state index is 0.0666. The number of benzene rings is 3. The van der Waals surface area contributed by atoms with Crippen LogP contribution in [-0.4, -0.2) is 34.5 Å². The van der Waals surface area contributed by atoms with Gasteiger partial charge < -0.3 is 0 Å².